The molecule has 0 saturated carbocycles. The van der Waals surface area contributed by atoms with Crippen molar-refractivity contribution in [3.05, 3.63) is 164 Å². The van der Waals surface area contributed by atoms with E-state index in [9.17, 15) is 0 Å². The molecule has 0 aliphatic carbocycles. The number of rotatable bonds is 6. The molecule has 0 spiro atoms. The van der Waals surface area contributed by atoms with Gasteiger partial charge in [0.25, 0.3) is 0 Å². The van der Waals surface area contributed by atoms with Crippen LogP contribution >= 0.6 is 0 Å². The molecule has 0 bridgehead atoms. The van der Waals surface area contributed by atoms with Crippen molar-refractivity contribution in [3.8, 4) is 67.3 Å². The lowest BCUT2D eigenvalue weighted by Gasteiger charge is -2.18. The Balaban J connectivity index is 1.40. The molecular formula is C43H27N5O. The van der Waals surface area contributed by atoms with Gasteiger partial charge < -0.3 is 4.42 Å². The Hall–Kier alpha value is -6.79. The first-order valence-electron chi connectivity index (χ1n) is 16.1. The monoisotopic (exact) mass is 629 g/mol. The largest absolute Gasteiger partial charge is 0.456 e. The third-order valence-electron chi connectivity index (χ3n) is 8.87. The van der Waals surface area contributed by atoms with Crippen LogP contribution in [0.3, 0.4) is 0 Å². The third kappa shape index (κ3) is 4.94. The minimum Gasteiger partial charge on any atom is -0.456 e. The van der Waals surface area contributed by atoms with Crippen LogP contribution in [0.15, 0.2) is 168 Å². The summed E-state index contributed by atoms with van der Waals surface area (Å²) in [5.41, 5.74) is 12.0. The summed E-state index contributed by atoms with van der Waals surface area (Å²) in [7, 11) is 0. The molecule has 0 amide bonds. The molecule has 0 unspecified atom stereocenters. The number of hydrogen-bond acceptors (Lipinski definition) is 6. The molecule has 9 aromatic rings. The summed E-state index contributed by atoms with van der Waals surface area (Å²) < 4.78 is 6.41. The second kappa shape index (κ2) is 12.1. The molecule has 0 aliphatic rings. The highest BCUT2D eigenvalue weighted by Gasteiger charge is 2.27. The van der Waals surface area contributed by atoms with Gasteiger partial charge in [-0.1, -0.05) is 115 Å². The predicted molar refractivity (Wildman–Crippen MR) is 195 cm³/mol. The van der Waals surface area contributed by atoms with Gasteiger partial charge in [-0.05, 0) is 58.3 Å². The van der Waals surface area contributed by atoms with Crippen LogP contribution in [0, 0.1) is 0 Å². The van der Waals surface area contributed by atoms with Gasteiger partial charge in [0.05, 0.1) is 17.0 Å². The molecule has 49 heavy (non-hydrogen) atoms. The van der Waals surface area contributed by atoms with Crippen molar-refractivity contribution in [1.29, 1.82) is 0 Å². The normalized spacial score (nSPS) is 11.3. The molecule has 5 aromatic carbocycles. The first-order valence-corrected chi connectivity index (χ1v) is 16.1. The summed E-state index contributed by atoms with van der Waals surface area (Å²) in [4.78, 5) is 10.1. The van der Waals surface area contributed by atoms with E-state index >= 15 is 0 Å². The predicted octanol–water partition coefficient (Wildman–Crippen LogP) is 10.6. The maximum atomic E-state index is 6.41. The number of furan rings is 1. The Kier molecular flexibility index (Phi) is 7.02. The second-order valence-electron chi connectivity index (χ2n) is 11.7. The zero-order valence-electron chi connectivity index (χ0n) is 26.2. The van der Waals surface area contributed by atoms with Crippen LogP contribution in [0.5, 0.6) is 0 Å². The molecule has 0 N–H and O–H groups in total. The number of para-hydroxylation sites is 1. The SMILES string of the molecule is c1ccc(-c2cccnc2-c2c(-c3ccccc3)nnnc2-c2cccnc2-c2c(-c3ccccc3)ccc3oc4ccccc4c23)cc1. The van der Waals surface area contributed by atoms with Crippen LogP contribution in [0.4, 0.5) is 0 Å². The summed E-state index contributed by atoms with van der Waals surface area (Å²) in [6, 6.07) is 51.1. The number of hydrogen-bond donors (Lipinski definition) is 0. The lowest BCUT2D eigenvalue weighted by atomic mass is 9.88. The molecule has 4 aromatic heterocycles. The van der Waals surface area contributed by atoms with E-state index in [2.05, 4.69) is 77.0 Å². The number of pyridine rings is 2. The van der Waals surface area contributed by atoms with Gasteiger partial charge in [-0.25, -0.2) is 0 Å². The second-order valence-corrected chi connectivity index (χ2v) is 11.7. The van der Waals surface area contributed by atoms with Crippen LogP contribution in [-0.4, -0.2) is 25.4 Å². The van der Waals surface area contributed by atoms with Gasteiger partial charge in [0, 0.05) is 45.4 Å². The average Bonchev–Trinajstić information content (AvgIpc) is 3.57. The Morgan fingerprint density at radius 1 is 0.367 bits per heavy atom. The number of benzene rings is 5. The standard InChI is InChI=1S/C43H27N5O/c1-4-14-28(15-5-1)31-24-25-36-37(33-20-10-11-23-35(33)49-36)38(31)42-34(22-13-27-45-42)43-39(40(46-48-47-43)30-18-8-3-9-19-30)41-32(21-12-26-44-41)29-16-6-2-7-17-29/h1-27H. The average molecular weight is 630 g/mol. The van der Waals surface area contributed by atoms with E-state index in [-0.39, 0.29) is 0 Å². The van der Waals surface area contributed by atoms with Gasteiger partial charge in [0.2, 0.25) is 0 Å². The topological polar surface area (TPSA) is 77.6 Å². The van der Waals surface area contributed by atoms with E-state index in [1.54, 1.807) is 0 Å². The van der Waals surface area contributed by atoms with Crippen LogP contribution < -0.4 is 0 Å². The van der Waals surface area contributed by atoms with Crippen LogP contribution in [0.1, 0.15) is 0 Å². The Morgan fingerprint density at radius 3 is 1.65 bits per heavy atom. The Morgan fingerprint density at radius 2 is 0.939 bits per heavy atom. The van der Waals surface area contributed by atoms with E-state index in [0.717, 1.165) is 77.8 Å². The highest BCUT2D eigenvalue weighted by Crippen LogP contribution is 2.47. The van der Waals surface area contributed by atoms with Gasteiger partial charge in [-0.15, -0.1) is 10.2 Å². The fourth-order valence-corrected chi connectivity index (χ4v) is 6.71. The van der Waals surface area contributed by atoms with E-state index in [4.69, 9.17) is 19.5 Å². The van der Waals surface area contributed by atoms with Gasteiger partial charge in [-0.2, -0.15) is 0 Å². The van der Waals surface area contributed by atoms with Crippen molar-refractivity contribution in [2.75, 3.05) is 0 Å². The molecule has 0 atom stereocenters. The Bertz CT molecular complexity index is 2600. The smallest absolute Gasteiger partial charge is 0.136 e. The molecule has 0 radical (unpaired) electrons. The molecule has 0 fully saturated rings. The van der Waals surface area contributed by atoms with Crippen molar-refractivity contribution in [2.24, 2.45) is 0 Å². The maximum absolute atomic E-state index is 6.41. The third-order valence-corrected chi connectivity index (χ3v) is 8.87. The maximum Gasteiger partial charge on any atom is 0.136 e. The summed E-state index contributed by atoms with van der Waals surface area (Å²) in [6.45, 7) is 0. The number of nitrogens with zero attached hydrogens (tertiary/aromatic N) is 5. The number of aromatic nitrogens is 5. The first kappa shape index (κ1) is 28.4. The van der Waals surface area contributed by atoms with Crippen molar-refractivity contribution in [3.63, 3.8) is 0 Å². The van der Waals surface area contributed by atoms with E-state index in [1.807, 2.05) is 97.3 Å². The highest BCUT2D eigenvalue weighted by molar-refractivity contribution is 6.17. The molecule has 6 heteroatoms. The molecular weight excluding hydrogens is 603 g/mol. The van der Waals surface area contributed by atoms with E-state index in [1.165, 1.54) is 0 Å². The minimum absolute atomic E-state index is 0.636. The summed E-state index contributed by atoms with van der Waals surface area (Å²) >= 11 is 0. The molecule has 0 aliphatic heterocycles. The highest BCUT2D eigenvalue weighted by atomic mass is 16.3. The van der Waals surface area contributed by atoms with Gasteiger partial charge in [0.1, 0.15) is 22.6 Å². The molecule has 0 saturated heterocycles. The van der Waals surface area contributed by atoms with E-state index in [0.29, 0.717) is 11.4 Å². The van der Waals surface area contributed by atoms with Crippen molar-refractivity contribution < 1.29 is 4.42 Å². The lowest BCUT2D eigenvalue weighted by Crippen LogP contribution is -2.04. The van der Waals surface area contributed by atoms with Crippen molar-refractivity contribution in [1.82, 2.24) is 25.4 Å². The van der Waals surface area contributed by atoms with Gasteiger partial charge in [0.15, 0.2) is 0 Å². The van der Waals surface area contributed by atoms with E-state index < -0.39 is 0 Å². The van der Waals surface area contributed by atoms with Crippen LogP contribution in [-0.2, 0) is 0 Å². The van der Waals surface area contributed by atoms with Crippen molar-refractivity contribution in [2.45, 2.75) is 0 Å². The summed E-state index contributed by atoms with van der Waals surface area (Å²) in [6.07, 6.45) is 3.65. The van der Waals surface area contributed by atoms with Crippen LogP contribution in [0.25, 0.3) is 89.2 Å². The lowest BCUT2D eigenvalue weighted by molar-refractivity contribution is 0.669. The Labute approximate surface area is 282 Å². The quantitative estimate of drug-likeness (QED) is 0.182. The molecule has 4 heterocycles. The van der Waals surface area contributed by atoms with Crippen LogP contribution in [0.2, 0.25) is 0 Å². The van der Waals surface area contributed by atoms with Gasteiger partial charge in [-0.3, -0.25) is 9.97 Å². The first-order chi connectivity index (χ1) is 24.3. The molecule has 9 rings (SSSR count). The molecule has 230 valence electrons. The van der Waals surface area contributed by atoms with Crippen molar-refractivity contribution >= 4 is 21.9 Å². The summed E-state index contributed by atoms with van der Waals surface area (Å²) in [5.74, 6) is 0. The summed E-state index contributed by atoms with van der Waals surface area (Å²) in [5, 5.41) is 15.8. The molecule has 6 nitrogen and oxygen atoms in total. The number of fused-ring (bicyclic) bond motifs is 3. The zero-order valence-corrected chi connectivity index (χ0v) is 26.2. The zero-order chi connectivity index (χ0) is 32.6. The fraction of sp³-hybridized carbons (Fsp3) is 0. The van der Waals surface area contributed by atoms with Gasteiger partial charge >= 0.3 is 0 Å². The minimum atomic E-state index is 0.636. The fourth-order valence-electron chi connectivity index (χ4n) is 6.71.